The van der Waals surface area contributed by atoms with Crippen LogP contribution in [0.1, 0.15) is 0 Å². The highest BCUT2D eigenvalue weighted by atomic mass is 16.6. The van der Waals surface area contributed by atoms with Crippen molar-refractivity contribution in [1.82, 2.24) is 9.97 Å². The molecular weight excluding hydrogens is 158 g/mol. The first-order chi connectivity index (χ1) is 5.83. The summed E-state index contributed by atoms with van der Waals surface area (Å²) in [5, 5.41) is 0. The standard InChI is InChI=1S/C7H7N3O2/c1-2-3-12-10-6-4-7(11)9-5-8-6/h1,4-5H,3H2,(H2,8,9,10,11). The molecule has 0 spiro atoms. The second kappa shape index (κ2) is 4.16. The summed E-state index contributed by atoms with van der Waals surface area (Å²) in [6.07, 6.45) is 6.19. The Morgan fingerprint density at radius 3 is 3.33 bits per heavy atom. The van der Waals surface area contributed by atoms with Crippen LogP contribution in [0, 0.1) is 12.3 Å². The van der Waals surface area contributed by atoms with Crippen molar-refractivity contribution in [3.05, 3.63) is 22.7 Å². The van der Waals surface area contributed by atoms with Crippen LogP contribution in [0.15, 0.2) is 17.2 Å². The third kappa shape index (κ3) is 2.44. The lowest BCUT2D eigenvalue weighted by atomic mass is 10.6. The van der Waals surface area contributed by atoms with Gasteiger partial charge in [-0.05, 0) is 0 Å². The minimum absolute atomic E-state index is 0.120. The fraction of sp³-hybridized carbons (Fsp3) is 0.143. The number of aromatic nitrogens is 2. The third-order valence-corrected chi connectivity index (χ3v) is 1.01. The molecule has 2 N–H and O–H groups in total. The van der Waals surface area contributed by atoms with E-state index in [2.05, 4.69) is 21.4 Å². The molecule has 0 bridgehead atoms. The summed E-state index contributed by atoms with van der Waals surface area (Å²) in [5.74, 6) is 2.58. The molecule has 1 heterocycles. The number of terminal acetylenes is 1. The number of hydrogen-bond acceptors (Lipinski definition) is 4. The predicted molar refractivity (Wildman–Crippen MR) is 43.3 cm³/mol. The van der Waals surface area contributed by atoms with Gasteiger partial charge in [0.2, 0.25) is 0 Å². The van der Waals surface area contributed by atoms with Crippen LogP contribution < -0.4 is 11.0 Å². The van der Waals surface area contributed by atoms with E-state index in [1.54, 1.807) is 0 Å². The summed E-state index contributed by atoms with van der Waals surface area (Å²) in [6.45, 7) is 0.120. The highest BCUT2D eigenvalue weighted by Crippen LogP contribution is 1.93. The zero-order valence-electron chi connectivity index (χ0n) is 6.20. The highest BCUT2D eigenvalue weighted by molar-refractivity contribution is 5.28. The average molecular weight is 165 g/mol. The fourth-order valence-corrected chi connectivity index (χ4v) is 0.576. The molecule has 0 amide bonds. The van der Waals surface area contributed by atoms with Crippen molar-refractivity contribution in [3.63, 3.8) is 0 Å². The second-order valence-electron chi connectivity index (χ2n) is 1.89. The predicted octanol–water partition coefficient (Wildman–Crippen LogP) is -0.253. The Hall–Kier alpha value is -1.80. The molecule has 5 nitrogen and oxygen atoms in total. The first kappa shape index (κ1) is 8.30. The van der Waals surface area contributed by atoms with Crippen LogP contribution in [0.3, 0.4) is 0 Å². The molecule has 62 valence electrons. The quantitative estimate of drug-likeness (QED) is 0.368. The zero-order chi connectivity index (χ0) is 8.81. The third-order valence-electron chi connectivity index (χ3n) is 1.01. The largest absolute Gasteiger partial charge is 0.313 e. The van der Waals surface area contributed by atoms with Crippen molar-refractivity contribution < 1.29 is 4.84 Å². The van der Waals surface area contributed by atoms with Crippen molar-refractivity contribution in [2.75, 3.05) is 12.1 Å². The molecule has 0 aromatic carbocycles. The maximum absolute atomic E-state index is 10.7. The number of rotatable bonds is 3. The van der Waals surface area contributed by atoms with Gasteiger partial charge in [0, 0.05) is 6.07 Å². The van der Waals surface area contributed by atoms with E-state index in [0.717, 1.165) is 0 Å². The molecule has 5 heteroatoms. The Bertz CT molecular complexity index is 339. The van der Waals surface area contributed by atoms with Crippen molar-refractivity contribution >= 4 is 5.82 Å². The molecule has 1 aromatic rings. The minimum Gasteiger partial charge on any atom is -0.313 e. The molecule has 0 fully saturated rings. The van der Waals surface area contributed by atoms with Gasteiger partial charge in [-0.15, -0.1) is 6.42 Å². The molecule has 0 aliphatic rings. The van der Waals surface area contributed by atoms with E-state index in [1.807, 2.05) is 0 Å². The number of nitrogens with one attached hydrogen (secondary N) is 2. The van der Waals surface area contributed by atoms with Crippen LogP contribution in [-0.4, -0.2) is 16.6 Å². The van der Waals surface area contributed by atoms with Crippen molar-refractivity contribution in [3.8, 4) is 12.3 Å². The first-order valence-corrected chi connectivity index (χ1v) is 3.19. The minimum atomic E-state index is -0.253. The summed E-state index contributed by atoms with van der Waals surface area (Å²) in [4.78, 5) is 21.5. The molecule has 0 aliphatic carbocycles. The summed E-state index contributed by atoms with van der Waals surface area (Å²) in [5.41, 5.74) is 2.16. The molecule has 1 aromatic heterocycles. The molecule has 0 radical (unpaired) electrons. The van der Waals surface area contributed by atoms with Crippen LogP contribution in [0.4, 0.5) is 5.82 Å². The molecule has 1 rings (SSSR count). The monoisotopic (exact) mass is 165 g/mol. The summed E-state index contributed by atoms with van der Waals surface area (Å²) >= 11 is 0. The van der Waals surface area contributed by atoms with Gasteiger partial charge in [0.25, 0.3) is 5.56 Å². The van der Waals surface area contributed by atoms with E-state index in [4.69, 9.17) is 11.3 Å². The maximum Gasteiger partial charge on any atom is 0.252 e. The van der Waals surface area contributed by atoms with E-state index < -0.39 is 0 Å². The molecule has 0 saturated heterocycles. The van der Waals surface area contributed by atoms with E-state index in [0.29, 0.717) is 5.82 Å². The lowest BCUT2D eigenvalue weighted by Gasteiger charge is -2.00. The maximum atomic E-state index is 10.7. The van der Waals surface area contributed by atoms with Crippen LogP contribution in [0.2, 0.25) is 0 Å². The normalized spacial score (nSPS) is 8.92. The summed E-state index contributed by atoms with van der Waals surface area (Å²) in [6, 6.07) is 1.26. The van der Waals surface area contributed by atoms with Gasteiger partial charge in [0.15, 0.2) is 5.82 Å². The molecule has 0 unspecified atom stereocenters. The van der Waals surface area contributed by atoms with Crippen molar-refractivity contribution in [2.24, 2.45) is 0 Å². The Balaban J connectivity index is 2.53. The molecule has 0 atom stereocenters. The number of anilines is 1. The average Bonchev–Trinajstić information content (AvgIpc) is 2.05. The zero-order valence-corrected chi connectivity index (χ0v) is 6.20. The highest BCUT2D eigenvalue weighted by Gasteiger charge is 1.91. The van der Waals surface area contributed by atoms with Crippen molar-refractivity contribution in [2.45, 2.75) is 0 Å². The number of nitrogens with zero attached hydrogens (tertiary/aromatic N) is 1. The SMILES string of the molecule is C#CCONc1cc(=O)[nH]cn1. The van der Waals surface area contributed by atoms with E-state index in [9.17, 15) is 4.79 Å². The molecular formula is C7H7N3O2. The fourth-order valence-electron chi connectivity index (χ4n) is 0.576. The van der Waals surface area contributed by atoms with E-state index in [1.165, 1.54) is 12.4 Å². The Morgan fingerprint density at radius 2 is 2.67 bits per heavy atom. The molecule has 0 saturated carbocycles. The van der Waals surface area contributed by atoms with Crippen molar-refractivity contribution in [1.29, 1.82) is 0 Å². The van der Waals surface area contributed by atoms with Crippen LogP contribution in [0.25, 0.3) is 0 Å². The van der Waals surface area contributed by atoms with Crippen LogP contribution in [0.5, 0.6) is 0 Å². The molecule has 12 heavy (non-hydrogen) atoms. The number of H-pyrrole nitrogens is 1. The summed E-state index contributed by atoms with van der Waals surface area (Å²) < 4.78 is 0. The van der Waals surface area contributed by atoms with Gasteiger partial charge >= 0.3 is 0 Å². The van der Waals surface area contributed by atoms with Gasteiger partial charge in [0.05, 0.1) is 6.33 Å². The van der Waals surface area contributed by atoms with Gasteiger partial charge in [0.1, 0.15) is 6.61 Å². The van der Waals surface area contributed by atoms with E-state index >= 15 is 0 Å². The Kier molecular flexibility index (Phi) is 2.87. The number of aromatic amines is 1. The summed E-state index contributed by atoms with van der Waals surface area (Å²) in [7, 11) is 0. The Labute approximate surface area is 68.7 Å². The smallest absolute Gasteiger partial charge is 0.252 e. The van der Waals surface area contributed by atoms with Gasteiger partial charge in [-0.2, -0.15) is 0 Å². The van der Waals surface area contributed by atoms with Gasteiger partial charge in [-0.1, -0.05) is 5.92 Å². The topological polar surface area (TPSA) is 67.0 Å². The lowest BCUT2D eigenvalue weighted by molar-refractivity contribution is 0.232. The van der Waals surface area contributed by atoms with Crippen LogP contribution in [-0.2, 0) is 4.84 Å². The lowest BCUT2D eigenvalue weighted by Crippen LogP contribution is -2.09. The van der Waals surface area contributed by atoms with Crippen LogP contribution >= 0.6 is 0 Å². The first-order valence-electron chi connectivity index (χ1n) is 3.19. The van der Waals surface area contributed by atoms with E-state index in [-0.39, 0.29) is 12.2 Å². The van der Waals surface area contributed by atoms with Gasteiger partial charge in [-0.25, -0.2) is 10.5 Å². The van der Waals surface area contributed by atoms with Gasteiger partial charge < -0.3 is 4.98 Å². The molecule has 0 aliphatic heterocycles. The Morgan fingerprint density at radius 1 is 1.83 bits per heavy atom. The number of hydrogen-bond donors (Lipinski definition) is 2. The second-order valence-corrected chi connectivity index (χ2v) is 1.89. The van der Waals surface area contributed by atoms with Gasteiger partial charge in [-0.3, -0.25) is 9.63 Å².